The van der Waals surface area contributed by atoms with E-state index < -0.39 is 0 Å². The second kappa shape index (κ2) is 4.09. The maximum atomic E-state index is 3.70. The lowest BCUT2D eigenvalue weighted by Gasteiger charge is -2.36. The molecule has 3 atom stereocenters. The Bertz CT molecular complexity index is 461. The molecule has 0 amide bonds. The first-order valence-electron chi connectivity index (χ1n) is 7.43. The molecule has 1 aromatic rings. The number of benzene rings is 1. The summed E-state index contributed by atoms with van der Waals surface area (Å²) in [6.07, 6.45) is 2.69. The second-order valence-corrected chi connectivity index (χ2v) is 6.73. The molecule has 1 N–H and O–H groups in total. The zero-order valence-corrected chi connectivity index (χ0v) is 12.1. The van der Waals surface area contributed by atoms with Crippen molar-refractivity contribution in [1.82, 2.24) is 5.32 Å². The summed E-state index contributed by atoms with van der Waals surface area (Å²) in [4.78, 5) is 0. The zero-order chi connectivity index (χ0) is 12.9. The molecule has 18 heavy (non-hydrogen) atoms. The second-order valence-electron chi connectivity index (χ2n) is 6.73. The lowest BCUT2D eigenvalue weighted by molar-refractivity contribution is 0.314. The number of rotatable bonds is 2. The Morgan fingerprint density at radius 3 is 2.83 bits per heavy atom. The molecule has 1 nitrogen and oxygen atoms in total. The molecule has 1 aromatic carbocycles. The SMILES string of the molecule is CCNC1c2cccc3c2C(CCC3(C)C)C1C. The average Bonchev–Trinajstić information content (AvgIpc) is 2.60. The van der Waals surface area contributed by atoms with Gasteiger partial charge in [-0.05, 0) is 53.3 Å². The van der Waals surface area contributed by atoms with E-state index in [1.165, 1.54) is 12.8 Å². The molecule has 2 aliphatic carbocycles. The van der Waals surface area contributed by atoms with E-state index in [4.69, 9.17) is 0 Å². The Labute approximate surface area is 111 Å². The van der Waals surface area contributed by atoms with Gasteiger partial charge >= 0.3 is 0 Å². The van der Waals surface area contributed by atoms with Crippen molar-refractivity contribution in [3.63, 3.8) is 0 Å². The molecule has 0 aliphatic heterocycles. The van der Waals surface area contributed by atoms with E-state index in [0.717, 1.165) is 18.4 Å². The van der Waals surface area contributed by atoms with Crippen LogP contribution in [0.3, 0.4) is 0 Å². The molecule has 0 aromatic heterocycles. The van der Waals surface area contributed by atoms with Crippen LogP contribution in [-0.4, -0.2) is 6.54 Å². The number of hydrogen-bond donors (Lipinski definition) is 1. The van der Waals surface area contributed by atoms with Crippen molar-refractivity contribution < 1.29 is 0 Å². The summed E-state index contributed by atoms with van der Waals surface area (Å²) in [5.41, 5.74) is 5.25. The fourth-order valence-electron chi connectivity index (χ4n) is 4.21. The minimum absolute atomic E-state index is 0.364. The molecule has 0 bridgehead atoms. The highest BCUT2D eigenvalue weighted by Gasteiger charge is 2.44. The third-order valence-electron chi connectivity index (χ3n) is 5.24. The molecule has 0 heterocycles. The standard InChI is InChI=1S/C17H25N/c1-5-18-16-11(2)12-9-10-17(3,4)14-8-6-7-13(16)15(12)14/h6-8,11-12,16,18H,5,9-10H2,1-4H3. The number of nitrogens with one attached hydrogen (secondary N) is 1. The topological polar surface area (TPSA) is 12.0 Å². The average molecular weight is 243 g/mol. The molecule has 0 radical (unpaired) electrons. The molecule has 0 fully saturated rings. The minimum Gasteiger partial charge on any atom is -0.310 e. The van der Waals surface area contributed by atoms with Crippen molar-refractivity contribution in [2.24, 2.45) is 5.92 Å². The predicted octanol–water partition coefficient (Wildman–Crippen LogP) is 4.14. The molecule has 0 saturated heterocycles. The third-order valence-corrected chi connectivity index (χ3v) is 5.24. The highest BCUT2D eigenvalue weighted by atomic mass is 14.9. The van der Waals surface area contributed by atoms with Crippen LogP contribution in [-0.2, 0) is 5.41 Å². The van der Waals surface area contributed by atoms with Gasteiger partial charge in [-0.15, -0.1) is 0 Å². The molecule has 98 valence electrons. The third kappa shape index (κ3) is 1.56. The Morgan fingerprint density at radius 2 is 2.11 bits per heavy atom. The first-order valence-corrected chi connectivity index (χ1v) is 7.43. The lowest BCUT2D eigenvalue weighted by atomic mass is 9.68. The van der Waals surface area contributed by atoms with E-state index in [2.05, 4.69) is 51.2 Å². The van der Waals surface area contributed by atoms with Crippen molar-refractivity contribution in [2.75, 3.05) is 6.54 Å². The van der Waals surface area contributed by atoms with Crippen molar-refractivity contribution >= 4 is 0 Å². The van der Waals surface area contributed by atoms with Gasteiger partial charge in [0.1, 0.15) is 0 Å². The van der Waals surface area contributed by atoms with E-state index >= 15 is 0 Å². The van der Waals surface area contributed by atoms with Gasteiger partial charge < -0.3 is 5.32 Å². The van der Waals surface area contributed by atoms with Crippen molar-refractivity contribution in [3.8, 4) is 0 Å². The van der Waals surface area contributed by atoms with Crippen LogP contribution in [0.2, 0.25) is 0 Å². The highest BCUT2D eigenvalue weighted by Crippen LogP contribution is 2.55. The van der Waals surface area contributed by atoms with E-state index in [9.17, 15) is 0 Å². The summed E-state index contributed by atoms with van der Waals surface area (Å²) < 4.78 is 0. The zero-order valence-electron chi connectivity index (χ0n) is 12.1. The molecule has 2 aliphatic rings. The summed E-state index contributed by atoms with van der Waals surface area (Å²) in [6.45, 7) is 10.5. The molecular weight excluding hydrogens is 218 g/mol. The predicted molar refractivity (Wildman–Crippen MR) is 77.0 cm³/mol. The van der Waals surface area contributed by atoms with Gasteiger partial charge in [0.15, 0.2) is 0 Å². The molecule has 3 rings (SSSR count). The van der Waals surface area contributed by atoms with Gasteiger partial charge in [0.05, 0.1) is 0 Å². The van der Waals surface area contributed by atoms with Crippen LogP contribution >= 0.6 is 0 Å². The van der Waals surface area contributed by atoms with Crippen LogP contribution in [0.15, 0.2) is 18.2 Å². The van der Waals surface area contributed by atoms with Crippen LogP contribution in [0.4, 0.5) is 0 Å². The smallest absolute Gasteiger partial charge is 0.0354 e. The molecule has 0 spiro atoms. The molecule has 0 saturated carbocycles. The van der Waals surface area contributed by atoms with Crippen LogP contribution in [0, 0.1) is 5.92 Å². The van der Waals surface area contributed by atoms with Crippen molar-refractivity contribution in [1.29, 1.82) is 0 Å². The van der Waals surface area contributed by atoms with E-state index in [1.807, 2.05) is 0 Å². The van der Waals surface area contributed by atoms with Gasteiger partial charge in [-0.25, -0.2) is 0 Å². The fraction of sp³-hybridized carbons (Fsp3) is 0.647. The maximum absolute atomic E-state index is 3.70. The molecule has 1 heteroatoms. The Morgan fingerprint density at radius 1 is 1.33 bits per heavy atom. The van der Waals surface area contributed by atoms with Gasteiger partial charge in [-0.1, -0.05) is 45.9 Å². The van der Waals surface area contributed by atoms with Gasteiger partial charge in [0.25, 0.3) is 0 Å². The first kappa shape index (κ1) is 12.2. The summed E-state index contributed by atoms with van der Waals surface area (Å²) in [6, 6.07) is 7.56. The van der Waals surface area contributed by atoms with Crippen LogP contribution in [0.25, 0.3) is 0 Å². The summed E-state index contributed by atoms with van der Waals surface area (Å²) in [5, 5.41) is 3.70. The van der Waals surface area contributed by atoms with E-state index in [-0.39, 0.29) is 0 Å². The van der Waals surface area contributed by atoms with E-state index in [0.29, 0.717) is 11.5 Å². The summed E-state index contributed by atoms with van der Waals surface area (Å²) >= 11 is 0. The Kier molecular flexibility index (Phi) is 2.78. The first-order chi connectivity index (χ1) is 8.56. The van der Waals surface area contributed by atoms with Crippen LogP contribution < -0.4 is 5.32 Å². The monoisotopic (exact) mass is 243 g/mol. The summed E-state index contributed by atoms with van der Waals surface area (Å²) in [5.74, 6) is 1.53. The van der Waals surface area contributed by atoms with Gasteiger partial charge in [0, 0.05) is 6.04 Å². The molecular formula is C17H25N. The van der Waals surface area contributed by atoms with Crippen molar-refractivity contribution in [2.45, 2.75) is 57.9 Å². The Balaban J connectivity index is 2.14. The van der Waals surface area contributed by atoms with Crippen molar-refractivity contribution in [3.05, 3.63) is 34.9 Å². The largest absolute Gasteiger partial charge is 0.310 e. The van der Waals surface area contributed by atoms with Gasteiger partial charge in [-0.3, -0.25) is 0 Å². The quantitative estimate of drug-likeness (QED) is 0.823. The van der Waals surface area contributed by atoms with Gasteiger partial charge in [-0.2, -0.15) is 0 Å². The fourth-order valence-corrected chi connectivity index (χ4v) is 4.21. The van der Waals surface area contributed by atoms with Crippen LogP contribution in [0.1, 0.15) is 69.2 Å². The summed E-state index contributed by atoms with van der Waals surface area (Å²) in [7, 11) is 0. The Hall–Kier alpha value is -0.820. The minimum atomic E-state index is 0.364. The molecule has 3 unspecified atom stereocenters. The maximum Gasteiger partial charge on any atom is 0.0354 e. The van der Waals surface area contributed by atoms with E-state index in [1.54, 1.807) is 16.7 Å². The lowest BCUT2D eigenvalue weighted by Crippen LogP contribution is -2.27. The number of hydrogen-bond acceptors (Lipinski definition) is 1. The van der Waals surface area contributed by atoms with Gasteiger partial charge in [0.2, 0.25) is 0 Å². The normalized spacial score (nSPS) is 32.3. The highest BCUT2D eigenvalue weighted by molar-refractivity contribution is 5.49. The van der Waals surface area contributed by atoms with Crippen LogP contribution in [0.5, 0.6) is 0 Å².